The molecule has 3 rings (SSSR count). The molecule has 0 radical (unpaired) electrons. The Balaban J connectivity index is 2.04. The molecule has 96 valence electrons. The molecule has 0 amide bonds. The lowest BCUT2D eigenvalue weighted by Crippen LogP contribution is -2.27. The minimum Gasteiger partial charge on any atom is -0.399 e. The molecule has 2 aliphatic rings. The minimum absolute atomic E-state index is 0.898. The fraction of sp³-hybridized carbons (Fsp3) is 0.467. The zero-order valence-electron chi connectivity index (χ0n) is 11.2. The second kappa shape index (κ2) is 4.41. The van der Waals surface area contributed by atoms with Gasteiger partial charge in [0.05, 0.1) is 0 Å². The summed E-state index contributed by atoms with van der Waals surface area (Å²) in [6, 6.07) is 4.31. The summed E-state index contributed by atoms with van der Waals surface area (Å²) in [4.78, 5) is 4.70. The molecule has 0 atom stereocenters. The summed E-state index contributed by atoms with van der Waals surface area (Å²) in [5.74, 6) is 0. The summed E-state index contributed by atoms with van der Waals surface area (Å²) in [5, 5.41) is 0. The van der Waals surface area contributed by atoms with Gasteiger partial charge >= 0.3 is 0 Å². The lowest BCUT2D eigenvalue weighted by molar-refractivity contribution is 0.313. The van der Waals surface area contributed by atoms with E-state index in [4.69, 9.17) is 5.73 Å². The molecule has 18 heavy (non-hydrogen) atoms. The SMILES string of the molecule is CN1CC=C(c2cc(N)cc3c2CCN(C)C3)C1. The van der Waals surface area contributed by atoms with E-state index in [0.717, 1.165) is 38.3 Å². The highest BCUT2D eigenvalue weighted by atomic mass is 15.1. The summed E-state index contributed by atoms with van der Waals surface area (Å²) in [5.41, 5.74) is 12.7. The zero-order valence-corrected chi connectivity index (χ0v) is 11.2. The number of nitrogens with two attached hydrogens (primary N) is 1. The summed E-state index contributed by atoms with van der Waals surface area (Å²) in [6.45, 7) is 4.27. The van der Waals surface area contributed by atoms with E-state index in [9.17, 15) is 0 Å². The molecular weight excluding hydrogens is 222 g/mol. The van der Waals surface area contributed by atoms with Crippen molar-refractivity contribution in [1.29, 1.82) is 0 Å². The van der Waals surface area contributed by atoms with Gasteiger partial charge in [-0.1, -0.05) is 6.08 Å². The first-order chi connectivity index (χ1) is 8.63. The summed E-state index contributed by atoms with van der Waals surface area (Å²) in [7, 11) is 4.34. The fourth-order valence-electron chi connectivity index (χ4n) is 3.03. The van der Waals surface area contributed by atoms with Crippen molar-refractivity contribution >= 4 is 11.3 Å². The second-order valence-electron chi connectivity index (χ2n) is 5.62. The van der Waals surface area contributed by atoms with Gasteiger partial charge in [-0.15, -0.1) is 0 Å². The van der Waals surface area contributed by atoms with Gasteiger partial charge < -0.3 is 10.6 Å². The maximum atomic E-state index is 6.07. The first kappa shape index (κ1) is 11.8. The van der Waals surface area contributed by atoms with E-state index in [0.29, 0.717) is 0 Å². The molecule has 3 heteroatoms. The molecule has 1 aromatic rings. The molecule has 1 aromatic carbocycles. The van der Waals surface area contributed by atoms with Crippen LogP contribution < -0.4 is 5.73 Å². The predicted molar refractivity (Wildman–Crippen MR) is 76.4 cm³/mol. The minimum atomic E-state index is 0.898. The van der Waals surface area contributed by atoms with Crippen molar-refractivity contribution < 1.29 is 0 Å². The average molecular weight is 243 g/mol. The largest absolute Gasteiger partial charge is 0.399 e. The van der Waals surface area contributed by atoms with Crippen LogP contribution in [0, 0.1) is 0 Å². The van der Waals surface area contributed by atoms with Crippen LogP contribution >= 0.6 is 0 Å². The summed E-state index contributed by atoms with van der Waals surface area (Å²) >= 11 is 0. The molecule has 0 spiro atoms. The number of hydrogen-bond donors (Lipinski definition) is 1. The van der Waals surface area contributed by atoms with Crippen molar-refractivity contribution in [2.75, 3.05) is 39.5 Å². The number of hydrogen-bond acceptors (Lipinski definition) is 3. The highest BCUT2D eigenvalue weighted by Gasteiger charge is 2.21. The Morgan fingerprint density at radius 2 is 1.94 bits per heavy atom. The third kappa shape index (κ3) is 2.04. The molecule has 2 N–H and O–H groups in total. The second-order valence-corrected chi connectivity index (χ2v) is 5.62. The monoisotopic (exact) mass is 243 g/mol. The quantitative estimate of drug-likeness (QED) is 0.760. The van der Waals surface area contributed by atoms with Crippen LogP contribution in [0.25, 0.3) is 5.57 Å². The number of fused-ring (bicyclic) bond motifs is 1. The molecule has 0 saturated heterocycles. The van der Waals surface area contributed by atoms with Crippen LogP contribution in [-0.2, 0) is 13.0 Å². The van der Waals surface area contributed by atoms with Gasteiger partial charge in [0.2, 0.25) is 0 Å². The molecule has 3 nitrogen and oxygen atoms in total. The number of benzene rings is 1. The van der Waals surface area contributed by atoms with Gasteiger partial charge in [-0.3, -0.25) is 4.90 Å². The number of anilines is 1. The molecule has 0 unspecified atom stereocenters. The van der Waals surface area contributed by atoms with Gasteiger partial charge in [-0.25, -0.2) is 0 Å². The highest BCUT2D eigenvalue weighted by molar-refractivity contribution is 5.75. The Bertz CT molecular complexity index is 505. The van der Waals surface area contributed by atoms with Gasteiger partial charge in [-0.05, 0) is 54.9 Å². The number of nitrogens with zero attached hydrogens (tertiary/aromatic N) is 2. The Kier molecular flexibility index (Phi) is 2.88. The van der Waals surface area contributed by atoms with E-state index in [1.54, 1.807) is 0 Å². The Labute approximate surface area is 109 Å². The van der Waals surface area contributed by atoms with Gasteiger partial charge in [0.15, 0.2) is 0 Å². The van der Waals surface area contributed by atoms with Gasteiger partial charge in [-0.2, -0.15) is 0 Å². The molecule has 0 aliphatic carbocycles. The molecule has 2 heterocycles. The lowest BCUT2D eigenvalue weighted by atomic mass is 9.90. The first-order valence-corrected chi connectivity index (χ1v) is 6.61. The Morgan fingerprint density at radius 1 is 1.11 bits per heavy atom. The van der Waals surface area contributed by atoms with Crippen molar-refractivity contribution in [1.82, 2.24) is 9.80 Å². The standard InChI is InChI=1S/C15H21N3/c1-17-5-3-11(9-17)15-8-13(16)7-12-10-18(2)6-4-14(12)15/h3,7-8H,4-6,9-10,16H2,1-2H3. The van der Waals surface area contributed by atoms with Crippen molar-refractivity contribution in [3.8, 4) is 0 Å². The normalized spacial score (nSPS) is 20.9. The predicted octanol–water partition coefficient (Wildman–Crippen LogP) is 1.59. The van der Waals surface area contributed by atoms with Crippen molar-refractivity contribution in [3.63, 3.8) is 0 Å². The maximum Gasteiger partial charge on any atom is 0.0323 e. The van der Waals surface area contributed by atoms with Crippen molar-refractivity contribution in [3.05, 3.63) is 34.9 Å². The fourth-order valence-corrected chi connectivity index (χ4v) is 3.03. The molecule has 0 fully saturated rings. The van der Waals surface area contributed by atoms with Crippen molar-refractivity contribution in [2.24, 2.45) is 0 Å². The van der Waals surface area contributed by atoms with Gasteiger partial charge in [0.1, 0.15) is 0 Å². The number of likely N-dealkylation sites (N-methyl/N-ethyl adjacent to an activating group) is 2. The van der Waals surface area contributed by atoms with Crippen LogP contribution in [0.15, 0.2) is 18.2 Å². The van der Waals surface area contributed by atoms with Gasteiger partial charge in [0.25, 0.3) is 0 Å². The van der Waals surface area contributed by atoms with E-state index < -0.39 is 0 Å². The van der Waals surface area contributed by atoms with Gasteiger partial charge in [0, 0.05) is 31.9 Å². The van der Waals surface area contributed by atoms with Crippen LogP contribution in [0.3, 0.4) is 0 Å². The average Bonchev–Trinajstić information content (AvgIpc) is 2.74. The molecule has 0 saturated carbocycles. The van der Waals surface area contributed by atoms with Crippen molar-refractivity contribution in [2.45, 2.75) is 13.0 Å². The van der Waals surface area contributed by atoms with Crippen LogP contribution in [-0.4, -0.2) is 43.5 Å². The summed E-state index contributed by atoms with van der Waals surface area (Å²) in [6.07, 6.45) is 3.48. The topological polar surface area (TPSA) is 32.5 Å². The Morgan fingerprint density at radius 3 is 2.67 bits per heavy atom. The van der Waals surface area contributed by atoms with E-state index in [-0.39, 0.29) is 0 Å². The highest BCUT2D eigenvalue weighted by Crippen LogP contribution is 2.31. The van der Waals surface area contributed by atoms with E-state index in [1.165, 1.54) is 22.3 Å². The van der Waals surface area contributed by atoms with Crippen LogP contribution in [0.5, 0.6) is 0 Å². The number of nitrogen functional groups attached to an aromatic ring is 1. The van der Waals surface area contributed by atoms with E-state index in [1.807, 2.05) is 0 Å². The van der Waals surface area contributed by atoms with Crippen LogP contribution in [0.4, 0.5) is 5.69 Å². The molecule has 2 aliphatic heterocycles. The third-order valence-corrected chi connectivity index (χ3v) is 3.98. The molecular formula is C15H21N3. The zero-order chi connectivity index (χ0) is 12.7. The molecule has 0 aromatic heterocycles. The van der Waals surface area contributed by atoms with E-state index >= 15 is 0 Å². The smallest absolute Gasteiger partial charge is 0.0323 e. The first-order valence-electron chi connectivity index (χ1n) is 6.61. The van der Waals surface area contributed by atoms with Crippen LogP contribution in [0.1, 0.15) is 16.7 Å². The lowest BCUT2D eigenvalue weighted by Gasteiger charge is -2.27. The summed E-state index contributed by atoms with van der Waals surface area (Å²) < 4.78 is 0. The maximum absolute atomic E-state index is 6.07. The van der Waals surface area contributed by atoms with E-state index in [2.05, 4.69) is 42.1 Å². The molecule has 0 bridgehead atoms. The van der Waals surface area contributed by atoms with Crippen LogP contribution in [0.2, 0.25) is 0 Å². The number of rotatable bonds is 1. The third-order valence-electron chi connectivity index (χ3n) is 3.98. The Hall–Kier alpha value is -1.32.